The van der Waals surface area contributed by atoms with Crippen molar-refractivity contribution in [3.05, 3.63) is 53.7 Å². The van der Waals surface area contributed by atoms with E-state index in [1.165, 1.54) is 13.2 Å². The summed E-state index contributed by atoms with van der Waals surface area (Å²) in [7, 11) is 5.08. The predicted octanol–water partition coefficient (Wildman–Crippen LogP) is 2.68. The van der Waals surface area contributed by atoms with E-state index in [4.69, 9.17) is 9.15 Å². The van der Waals surface area contributed by atoms with Crippen LogP contribution in [0.2, 0.25) is 0 Å². The quantitative estimate of drug-likeness (QED) is 0.657. The number of rotatable bonds is 6. The van der Waals surface area contributed by atoms with Gasteiger partial charge in [-0.05, 0) is 29.8 Å². The minimum Gasteiger partial charge on any atom is -0.494 e. The zero-order valence-electron chi connectivity index (χ0n) is 13.7. The SMILES string of the molecule is CN=C(NCCc1ccco1)N(C)Cc1ccc(OC)c(F)c1. The van der Waals surface area contributed by atoms with E-state index in [-0.39, 0.29) is 11.6 Å². The van der Waals surface area contributed by atoms with E-state index in [9.17, 15) is 4.39 Å². The van der Waals surface area contributed by atoms with Gasteiger partial charge >= 0.3 is 0 Å². The molecule has 23 heavy (non-hydrogen) atoms. The van der Waals surface area contributed by atoms with Gasteiger partial charge in [-0.1, -0.05) is 6.07 Å². The molecule has 0 amide bonds. The minimum atomic E-state index is -0.362. The minimum absolute atomic E-state index is 0.248. The van der Waals surface area contributed by atoms with E-state index in [1.54, 1.807) is 19.4 Å². The Bertz CT molecular complexity index is 641. The lowest BCUT2D eigenvalue weighted by Gasteiger charge is -2.22. The molecule has 2 rings (SSSR count). The third-order valence-electron chi connectivity index (χ3n) is 3.44. The molecular formula is C17H22FN3O2. The molecule has 0 saturated heterocycles. The monoisotopic (exact) mass is 319 g/mol. The van der Waals surface area contributed by atoms with Crippen LogP contribution in [0, 0.1) is 5.82 Å². The third-order valence-corrected chi connectivity index (χ3v) is 3.44. The molecule has 0 radical (unpaired) electrons. The summed E-state index contributed by atoms with van der Waals surface area (Å²) in [6.45, 7) is 1.25. The number of guanidine groups is 1. The molecule has 0 unspecified atom stereocenters. The van der Waals surface area contributed by atoms with Crippen molar-refractivity contribution in [3.8, 4) is 5.75 Å². The molecule has 124 valence electrons. The molecule has 2 aromatic rings. The van der Waals surface area contributed by atoms with Crippen LogP contribution in [0.25, 0.3) is 0 Å². The van der Waals surface area contributed by atoms with Crippen molar-refractivity contribution < 1.29 is 13.5 Å². The Kier molecular flexibility index (Phi) is 6.02. The van der Waals surface area contributed by atoms with Crippen LogP contribution in [0.5, 0.6) is 5.75 Å². The topological polar surface area (TPSA) is 50.0 Å². The highest BCUT2D eigenvalue weighted by Crippen LogP contribution is 2.18. The zero-order valence-corrected chi connectivity index (χ0v) is 13.7. The molecule has 1 heterocycles. The highest BCUT2D eigenvalue weighted by molar-refractivity contribution is 5.79. The molecule has 0 aliphatic rings. The summed E-state index contributed by atoms with van der Waals surface area (Å²) in [6.07, 6.45) is 2.44. The predicted molar refractivity (Wildman–Crippen MR) is 88.2 cm³/mol. The van der Waals surface area contributed by atoms with Gasteiger partial charge in [0.15, 0.2) is 17.5 Å². The van der Waals surface area contributed by atoms with E-state index in [1.807, 2.05) is 30.1 Å². The smallest absolute Gasteiger partial charge is 0.193 e. The van der Waals surface area contributed by atoms with Gasteiger partial charge in [0.2, 0.25) is 0 Å². The number of nitrogens with zero attached hydrogens (tertiary/aromatic N) is 2. The van der Waals surface area contributed by atoms with Gasteiger partial charge < -0.3 is 19.4 Å². The highest BCUT2D eigenvalue weighted by atomic mass is 19.1. The number of hydrogen-bond donors (Lipinski definition) is 1. The molecule has 6 heteroatoms. The van der Waals surface area contributed by atoms with Gasteiger partial charge in [-0.2, -0.15) is 0 Å². The molecule has 0 bridgehead atoms. The lowest BCUT2D eigenvalue weighted by Crippen LogP contribution is -2.39. The number of ether oxygens (including phenoxy) is 1. The standard InChI is InChI=1S/C17H22FN3O2/c1-19-17(20-9-8-14-5-4-10-23-14)21(2)12-13-6-7-16(22-3)15(18)11-13/h4-7,10-11H,8-9,12H2,1-3H3,(H,19,20). The number of benzene rings is 1. The molecule has 0 aliphatic heterocycles. The second-order valence-electron chi connectivity index (χ2n) is 5.13. The number of hydrogen-bond acceptors (Lipinski definition) is 3. The van der Waals surface area contributed by atoms with Crippen molar-refractivity contribution >= 4 is 5.96 Å². The second-order valence-corrected chi connectivity index (χ2v) is 5.13. The lowest BCUT2D eigenvalue weighted by atomic mass is 10.2. The second kappa shape index (κ2) is 8.22. The van der Waals surface area contributed by atoms with E-state index in [2.05, 4.69) is 10.3 Å². The molecule has 0 aliphatic carbocycles. The molecule has 1 N–H and O–H groups in total. The molecule has 1 aromatic carbocycles. The first-order valence-corrected chi connectivity index (χ1v) is 7.40. The first kappa shape index (κ1) is 16.9. The van der Waals surface area contributed by atoms with Crippen LogP contribution >= 0.6 is 0 Å². The Hall–Kier alpha value is -2.50. The number of nitrogens with one attached hydrogen (secondary N) is 1. The first-order valence-electron chi connectivity index (χ1n) is 7.40. The van der Waals surface area contributed by atoms with Crippen LogP contribution in [0.1, 0.15) is 11.3 Å². The van der Waals surface area contributed by atoms with Gasteiger partial charge in [-0.15, -0.1) is 0 Å². The maximum Gasteiger partial charge on any atom is 0.193 e. The maximum atomic E-state index is 13.7. The third kappa shape index (κ3) is 4.74. The van der Waals surface area contributed by atoms with Gasteiger partial charge in [-0.3, -0.25) is 4.99 Å². The van der Waals surface area contributed by atoms with Gasteiger partial charge in [-0.25, -0.2) is 4.39 Å². The number of halogens is 1. The summed E-state index contributed by atoms with van der Waals surface area (Å²) in [5, 5.41) is 3.26. The van der Waals surface area contributed by atoms with Crippen LogP contribution in [-0.2, 0) is 13.0 Å². The molecule has 0 atom stereocenters. The van der Waals surface area contributed by atoms with Gasteiger partial charge in [0.05, 0.1) is 13.4 Å². The summed E-state index contributed by atoms with van der Waals surface area (Å²) in [6, 6.07) is 8.76. The first-order chi connectivity index (χ1) is 11.1. The average Bonchev–Trinajstić information content (AvgIpc) is 3.05. The van der Waals surface area contributed by atoms with E-state index < -0.39 is 0 Å². The normalized spacial score (nSPS) is 11.4. The van der Waals surface area contributed by atoms with Crippen LogP contribution in [0.15, 0.2) is 46.0 Å². The molecule has 0 spiro atoms. The summed E-state index contributed by atoms with van der Waals surface area (Å²) in [5.41, 5.74) is 0.847. The number of furan rings is 1. The van der Waals surface area contributed by atoms with Gasteiger partial charge in [0.25, 0.3) is 0 Å². The van der Waals surface area contributed by atoms with Crippen molar-refractivity contribution in [2.75, 3.05) is 27.7 Å². The fraction of sp³-hybridized carbons (Fsp3) is 0.353. The van der Waals surface area contributed by atoms with Crippen LogP contribution in [0.4, 0.5) is 4.39 Å². The molecule has 5 nitrogen and oxygen atoms in total. The van der Waals surface area contributed by atoms with Crippen molar-refractivity contribution in [1.29, 1.82) is 0 Å². The number of aliphatic imine (C=N–C) groups is 1. The van der Waals surface area contributed by atoms with Crippen molar-refractivity contribution in [3.63, 3.8) is 0 Å². The summed E-state index contributed by atoms with van der Waals surface area (Å²) in [4.78, 5) is 6.18. The Balaban J connectivity index is 1.89. The van der Waals surface area contributed by atoms with E-state index in [0.29, 0.717) is 13.1 Å². The van der Waals surface area contributed by atoms with E-state index in [0.717, 1.165) is 23.7 Å². The Morgan fingerprint density at radius 1 is 1.39 bits per heavy atom. The number of methoxy groups -OCH3 is 1. The van der Waals surface area contributed by atoms with Crippen molar-refractivity contribution in [2.45, 2.75) is 13.0 Å². The molecule has 0 fully saturated rings. The van der Waals surface area contributed by atoms with Crippen LogP contribution < -0.4 is 10.1 Å². The molecule has 1 aromatic heterocycles. The highest BCUT2D eigenvalue weighted by Gasteiger charge is 2.09. The average molecular weight is 319 g/mol. The Labute approximate surface area is 135 Å². The fourth-order valence-electron chi connectivity index (χ4n) is 2.29. The Morgan fingerprint density at radius 2 is 2.22 bits per heavy atom. The summed E-state index contributed by atoms with van der Waals surface area (Å²) >= 11 is 0. The molecule has 0 saturated carbocycles. The van der Waals surface area contributed by atoms with E-state index >= 15 is 0 Å². The van der Waals surface area contributed by atoms with Crippen molar-refractivity contribution in [1.82, 2.24) is 10.2 Å². The van der Waals surface area contributed by atoms with Crippen LogP contribution in [0.3, 0.4) is 0 Å². The van der Waals surface area contributed by atoms with Gasteiger partial charge in [0, 0.05) is 33.6 Å². The van der Waals surface area contributed by atoms with Crippen LogP contribution in [-0.4, -0.2) is 38.6 Å². The van der Waals surface area contributed by atoms with Crippen molar-refractivity contribution in [2.24, 2.45) is 4.99 Å². The molecular weight excluding hydrogens is 297 g/mol. The fourth-order valence-corrected chi connectivity index (χ4v) is 2.29. The summed E-state index contributed by atoms with van der Waals surface area (Å²) < 4.78 is 24.0. The zero-order chi connectivity index (χ0) is 16.7. The largest absolute Gasteiger partial charge is 0.494 e. The van der Waals surface area contributed by atoms with Gasteiger partial charge in [0.1, 0.15) is 5.76 Å². The summed E-state index contributed by atoms with van der Waals surface area (Å²) in [5.74, 6) is 1.55. The lowest BCUT2D eigenvalue weighted by molar-refractivity contribution is 0.385. The Morgan fingerprint density at radius 3 is 2.83 bits per heavy atom. The maximum absolute atomic E-state index is 13.7.